The van der Waals surface area contributed by atoms with E-state index in [0.29, 0.717) is 49.7 Å². The number of benzene rings is 1. The molecule has 0 unspecified atom stereocenters. The Morgan fingerprint density at radius 1 is 1.21 bits per heavy atom. The number of aromatic nitrogens is 2. The van der Waals surface area contributed by atoms with Crippen LogP contribution in [-0.2, 0) is 17.9 Å². The largest absolute Gasteiger partial charge is 0.340 e. The molecule has 8 nitrogen and oxygen atoms in total. The topological polar surface area (TPSA) is 84.5 Å². The number of amides is 1. The predicted octanol–water partition coefficient (Wildman–Crippen LogP) is 2.42. The molecule has 2 aromatic rings. The van der Waals surface area contributed by atoms with Crippen LogP contribution in [-0.4, -0.2) is 56.6 Å². The number of hydrogen-bond donors (Lipinski definition) is 0. The molecule has 0 bridgehead atoms. The molecule has 0 atom stereocenters. The Bertz CT molecular complexity index is 923. The molecule has 0 radical (unpaired) electrons. The number of carbonyl (C=O) groups excluding carboxylic acids is 1. The highest BCUT2D eigenvalue weighted by atomic mass is 19.2. The summed E-state index contributed by atoms with van der Waals surface area (Å²) in [5, 5.41) is 15.2. The second kappa shape index (κ2) is 8.64. The molecule has 1 fully saturated rings. The molecule has 1 aliphatic heterocycles. The summed E-state index contributed by atoms with van der Waals surface area (Å²) in [7, 11) is 0. The standard InChI is InChI=1S/C19H23F2N5O3/c1-13-19(26(28)29)14(2)25(22-13)7-6-17(27)24-10-8-23(9-11-24)12-15-4-3-5-16(20)18(15)21/h3-5H,6-12H2,1-2H3. The van der Waals surface area contributed by atoms with Crippen molar-refractivity contribution in [2.75, 3.05) is 26.2 Å². The highest BCUT2D eigenvalue weighted by Gasteiger charge is 2.24. The first kappa shape index (κ1) is 20.8. The van der Waals surface area contributed by atoms with E-state index in [2.05, 4.69) is 5.10 Å². The van der Waals surface area contributed by atoms with Crippen LogP contribution in [0.3, 0.4) is 0 Å². The van der Waals surface area contributed by atoms with Gasteiger partial charge >= 0.3 is 5.69 Å². The van der Waals surface area contributed by atoms with E-state index < -0.39 is 16.6 Å². The van der Waals surface area contributed by atoms with Crippen LogP contribution >= 0.6 is 0 Å². The van der Waals surface area contributed by atoms with Crippen LogP contribution in [0.5, 0.6) is 0 Å². The van der Waals surface area contributed by atoms with Crippen LogP contribution in [0.25, 0.3) is 0 Å². The minimum atomic E-state index is -0.860. The Labute approximate surface area is 166 Å². The number of nitro groups is 1. The molecule has 29 heavy (non-hydrogen) atoms. The van der Waals surface area contributed by atoms with Gasteiger partial charge in [-0.25, -0.2) is 8.78 Å². The van der Waals surface area contributed by atoms with Crippen molar-refractivity contribution >= 4 is 11.6 Å². The molecule has 1 saturated heterocycles. The van der Waals surface area contributed by atoms with Gasteiger partial charge in [-0.15, -0.1) is 0 Å². The van der Waals surface area contributed by atoms with Crippen LogP contribution in [0.1, 0.15) is 23.4 Å². The summed E-state index contributed by atoms with van der Waals surface area (Å²) in [6.07, 6.45) is 0.192. The van der Waals surface area contributed by atoms with Crippen LogP contribution in [0.15, 0.2) is 18.2 Å². The first-order valence-electron chi connectivity index (χ1n) is 9.39. The van der Waals surface area contributed by atoms with Crippen molar-refractivity contribution in [1.82, 2.24) is 19.6 Å². The Morgan fingerprint density at radius 2 is 1.90 bits per heavy atom. The second-order valence-electron chi connectivity index (χ2n) is 7.12. The summed E-state index contributed by atoms with van der Waals surface area (Å²) in [4.78, 5) is 26.8. The third kappa shape index (κ3) is 4.58. The van der Waals surface area contributed by atoms with Crippen molar-refractivity contribution in [2.24, 2.45) is 0 Å². The molecule has 3 rings (SSSR count). The van der Waals surface area contributed by atoms with E-state index in [1.807, 2.05) is 4.90 Å². The monoisotopic (exact) mass is 407 g/mol. The smallest absolute Gasteiger partial charge is 0.312 e. The summed E-state index contributed by atoms with van der Waals surface area (Å²) in [5.41, 5.74) is 1.05. The first-order valence-corrected chi connectivity index (χ1v) is 9.39. The molecule has 1 aliphatic rings. The van der Waals surface area contributed by atoms with E-state index in [0.717, 1.165) is 6.07 Å². The Morgan fingerprint density at radius 3 is 2.52 bits per heavy atom. The van der Waals surface area contributed by atoms with E-state index >= 15 is 0 Å². The maximum absolute atomic E-state index is 13.8. The first-order chi connectivity index (χ1) is 13.8. The molecule has 2 heterocycles. The zero-order chi connectivity index (χ0) is 21.1. The normalized spacial score (nSPS) is 15.0. The molecule has 0 spiro atoms. The number of halogens is 2. The number of piperazine rings is 1. The molecule has 1 aromatic carbocycles. The van der Waals surface area contributed by atoms with Crippen LogP contribution in [0.2, 0.25) is 0 Å². The van der Waals surface area contributed by atoms with E-state index in [4.69, 9.17) is 0 Å². The maximum Gasteiger partial charge on any atom is 0.312 e. The molecule has 156 valence electrons. The number of rotatable bonds is 6. The van der Waals surface area contributed by atoms with Gasteiger partial charge in [0.15, 0.2) is 11.6 Å². The lowest BCUT2D eigenvalue weighted by Gasteiger charge is -2.34. The number of nitrogens with zero attached hydrogens (tertiary/aromatic N) is 5. The lowest BCUT2D eigenvalue weighted by Crippen LogP contribution is -2.48. The second-order valence-corrected chi connectivity index (χ2v) is 7.12. The quantitative estimate of drug-likeness (QED) is 0.542. The summed E-state index contributed by atoms with van der Waals surface area (Å²) in [5.74, 6) is -1.75. The van der Waals surface area contributed by atoms with Gasteiger partial charge in [0.1, 0.15) is 11.4 Å². The Balaban J connectivity index is 1.51. The Kier molecular flexibility index (Phi) is 6.21. The van der Waals surface area contributed by atoms with Gasteiger partial charge in [0.25, 0.3) is 0 Å². The van der Waals surface area contributed by atoms with Crippen LogP contribution < -0.4 is 0 Å². The fourth-order valence-corrected chi connectivity index (χ4v) is 3.60. The zero-order valence-corrected chi connectivity index (χ0v) is 16.4. The molecular weight excluding hydrogens is 384 g/mol. The molecule has 1 aromatic heterocycles. The molecule has 0 saturated carbocycles. The van der Waals surface area contributed by atoms with Gasteiger partial charge in [0.2, 0.25) is 5.91 Å². The number of aryl methyl sites for hydroxylation is 2. The van der Waals surface area contributed by atoms with Crippen molar-refractivity contribution in [2.45, 2.75) is 33.4 Å². The summed E-state index contributed by atoms with van der Waals surface area (Å²) < 4.78 is 28.6. The number of carbonyl (C=O) groups is 1. The third-order valence-electron chi connectivity index (χ3n) is 5.21. The highest BCUT2D eigenvalue weighted by molar-refractivity contribution is 5.76. The van der Waals surface area contributed by atoms with Gasteiger partial charge < -0.3 is 4.90 Å². The summed E-state index contributed by atoms with van der Waals surface area (Å²) in [6, 6.07) is 4.13. The van der Waals surface area contributed by atoms with Crippen molar-refractivity contribution in [1.29, 1.82) is 0 Å². The van der Waals surface area contributed by atoms with Crippen molar-refractivity contribution in [3.63, 3.8) is 0 Å². The van der Waals surface area contributed by atoms with Crippen molar-refractivity contribution in [3.8, 4) is 0 Å². The summed E-state index contributed by atoms with van der Waals surface area (Å²) >= 11 is 0. The predicted molar refractivity (Wildman–Crippen MR) is 101 cm³/mol. The van der Waals surface area contributed by atoms with Gasteiger partial charge in [-0.05, 0) is 19.9 Å². The minimum Gasteiger partial charge on any atom is -0.340 e. The average molecular weight is 407 g/mol. The van der Waals surface area contributed by atoms with Gasteiger partial charge in [0.05, 0.1) is 11.5 Å². The van der Waals surface area contributed by atoms with Crippen LogP contribution in [0.4, 0.5) is 14.5 Å². The molecule has 1 amide bonds. The van der Waals surface area contributed by atoms with E-state index in [-0.39, 0.29) is 24.6 Å². The molecule has 0 N–H and O–H groups in total. The fraction of sp³-hybridized carbons (Fsp3) is 0.474. The van der Waals surface area contributed by atoms with E-state index in [1.54, 1.807) is 24.8 Å². The van der Waals surface area contributed by atoms with Gasteiger partial charge in [0, 0.05) is 44.7 Å². The number of hydrogen-bond acceptors (Lipinski definition) is 5. The molecule has 0 aliphatic carbocycles. The average Bonchev–Trinajstić information content (AvgIpc) is 2.97. The minimum absolute atomic E-state index is 0.0179. The van der Waals surface area contributed by atoms with Crippen LogP contribution in [0, 0.1) is 35.6 Å². The van der Waals surface area contributed by atoms with Gasteiger partial charge in [-0.2, -0.15) is 5.10 Å². The Hall–Kier alpha value is -2.88. The molecule has 10 heteroatoms. The molecular formula is C19H23F2N5O3. The SMILES string of the molecule is Cc1nn(CCC(=O)N2CCN(Cc3cccc(F)c3F)CC2)c(C)c1[N+](=O)[O-]. The third-order valence-corrected chi connectivity index (χ3v) is 5.21. The fourth-order valence-electron chi connectivity index (χ4n) is 3.60. The van der Waals surface area contributed by atoms with E-state index in [9.17, 15) is 23.7 Å². The summed E-state index contributed by atoms with van der Waals surface area (Å²) in [6.45, 7) is 5.87. The van der Waals surface area contributed by atoms with E-state index in [1.165, 1.54) is 10.7 Å². The zero-order valence-electron chi connectivity index (χ0n) is 16.4. The van der Waals surface area contributed by atoms with Gasteiger partial charge in [-0.1, -0.05) is 12.1 Å². The lowest BCUT2D eigenvalue weighted by molar-refractivity contribution is -0.386. The van der Waals surface area contributed by atoms with Crippen molar-refractivity contribution in [3.05, 3.63) is 56.9 Å². The lowest BCUT2D eigenvalue weighted by atomic mass is 10.1. The maximum atomic E-state index is 13.8. The van der Waals surface area contributed by atoms with Crippen molar-refractivity contribution < 1.29 is 18.5 Å². The highest BCUT2D eigenvalue weighted by Crippen LogP contribution is 2.22. The van der Waals surface area contributed by atoms with Gasteiger partial charge in [-0.3, -0.25) is 24.5 Å².